The Labute approximate surface area is 128 Å². The molecule has 0 saturated carbocycles. The van der Waals surface area contributed by atoms with Gasteiger partial charge in [-0.15, -0.1) is 0 Å². The number of nitrogens with one attached hydrogen (secondary N) is 1. The molecular formula is C18H27N3. The lowest BCUT2D eigenvalue weighted by molar-refractivity contribution is 0.529. The fourth-order valence-corrected chi connectivity index (χ4v) is 2.67. The van der Waals surface area contributed by atoms with Crippen molar-refractivity contribution in [3.63, 3.8) is 0 Å². The fourth-order valence-electron chi connectivity index (χ4n) is 2.67. The quantitative estimate of drug-likeness (QED) is 0.847. The second kappa shape index (κ2) is 6.90. The van der Waals surface area contributed by atoms with Crippen molar-refractivity contribution in [2.75, 3.05) is 6.54 Å². The highest BCUT2D eigenvalue weighted by Crippen LogP contribution is 2.26. The van der Waals surface area contributed by atoms with Gasteiger partial charge in [-0.3, -0.25) is 4.68 Å². The maximum Gasteiger partial charge on any atom is 0.0672 e. The van der Waals surface area contributed by atoms with Gasteiger partial charge in [0.25, 0.3) is 0 Å². The highest BCUT2D eigenvalue weighted by atomic mass is 15.3. The summed E-state index contributed by atoms with van der Waals surface area (Å²) in [6.07, 6.45) is 3.26. The van der Waals surface area contributed by atoms with Crippen molar-refractivity contribution in [3.05, 3.63) is 41.7 Å². The Hall–Kier alpha value is -1.61. The third kappa shape index (κ3) is 3.53. The van der Waals surface area contributed by atoms with Crippen molar-refractivity contribution in [3.8, 4) is 11.1 Å². The van der Waals surface area contributed by atoms with Crippen molar-refractivity contribution < 1.29 is 0 Å². The third-order valence-electron chi connectivity index (χ3n) is 3.93. The highest BCUT2D eigenvalue weighted by molar-refractivity contribution is 5.65. The number of hydrogen-bond acceptors (Lipinski definition) is 2. The van der Waals surface area contributed by atoms with Crippen LogP contribution in [0.25, 0.3) is 11.1 Å². The summed E-state index contributed by atoms with van der Waals surface area (Å²) in [6, 6.07) is 9.74. The predicted octanol–water partition coefficient (Wildman–Crippen LogP) is 4.50. The first-order valence-electron chi connectivity index (χ1n) is 7.96. The van der Waals surface area contributed by atoms with Gasteiger partial charge in [-0.05, 0) is 44.9 Å². The molecule has 1 aromatic carbocycles. The lowest BCUT2D eigenvalue weighted by atomic mass is 10.00. The molecule has 0 aliphatic rings. The van der Waals surface area contributed by atoms with E-state index in [4.69, 9.17) is 0 Å². The molecule has 2 rings (SSSR count). The maximum absolute atomic E-state index is 4.59. The van der Waals surface area contributed by atoms with Crippen molar-refractivity contribution in [1.82, 2.24) is 15.1 Å². The Morgan fingerprint density at radius 3 is 2.29 bits per heavy atom. The van der Waals surface area contributed by atoms with Crippen LogP contribution in [-0.2, 0) is 0 Å². The molecule has 0 radical (unpaired) electrons. The minimum absolute atomic E-state index is 0.398. The lowest BCUT2D eigenvalue weighted by Gasteiger charge is -2.16. The summed E-state index contributed by atoms with van der Waals surface area (Å²) in [4.78, 5) is 0. The molecule has 3 nitrogen and oxygen atoms in total. The van der Waals surface area contributed by atoms with E-state index in [1.807, 2.05) is 4.68 Å². The van der Waals surface area contributed by atoms with Gasteiger partial charge < -0.3 is 5.32 Å². The van der Waals surface area contributed by atoms with Crippen LogP contribution in [-0.4, -0.2) is 16.3 Å². The molecule has 1 atom stereocenters. The zero-order valence-electron chi connectivity index (χ0n) is 13.9. The monoisotopic (exact) mass is 285 g/mol. The number of nitrogens with zero attached hydrogens (tertiary/aromatic N) is 2. The van der Waals surface area contributed by atoms with Gasteiger partial charge in [-0.1, -0.05) is 38.1 Å². The number of aromatic nitrogens is 2. The van der Waals surface area contributed by atoms with E-state index in [0.29, 0.717) is 12.1 Å². The van der Waals surface area contributed by atoms with E-state index >= 15 is 0 Å². The van der Waals surface area contributed by atoms with E-state index in [1.54, 1.807) is 0 Å². The zero-order chi connectivity index (χ0) is 15.4. The molecule has 0 bridgehead atoms. The van der Waals surface area contributed by atoms with Crippen LogP contribution in [0.4, 0.5) is 0 Å². The van der Waals surface area contributed by atoms with E-state index in [0.717, 1.165) is 18.7 Å². The van der Waals surface area contributed by atoms with E-state index < -0.39 is 0 Å². The molecule has 1 aromatic heterocycles. The maximum atomic E-state index is 4.59. The molecule has 1 unspecified atom stereocenters. The second-order valence-corrected chi connectivity index (χ2v) is 5.84. The number of hydrogen-bond donors (Lipinski definition) is 1. The lowest BCUT2D eigenvalue weighted by Crippen LogP contribution is -2.19. The summed E-state index contributed by atoms with van der Waals surface area (Å²) in [5.41, 5.74) is 4.92. The molecule has 0 spiro atoms. The largest absolute Gasteiger partial charge is 0.310 e. The Bertz CT molecular complexity index is 567. The van der Waals surface area contributed by atoms with Crippen LogP contribution in [0.2, 0.25) is 0 Å². The molecule has 3 heteroatoms. The first-order chi connectivity index (χ1) is 10.1. The summed E-state index contributed by atoms with van der Waals surface area (Å²) >= 11 is 0. The Morgan fingerprint density at radius 2 is 1.81 bits per heavy atom. The van der Waals surface area contributed by atoms with E-state index in [-0.39, 0.29) is 0 Å². The molecule has 114 valence electrons. The number of aryl methyl sites for hydroxylation is 1. The van der Waals surface area contributed by atoms with Crippen LogP contribution >= 0.6 is 0 Å². The molecule has 0 aliphatic heterocycles. The van der Waals surface area contributed by atoms with Gasteiger partial charge in [0.15, 0.2) is 0 Å². The smallest absolute Gasteiger partial charge is 0.0672 e. The van der Waals surface area contributed by atoms with Gasteiger partial charge >= 0.3 is 0 Å². The minimum Gasteiger partial charge on any atom is -0.310 e. The first kappa shape index (κ1) is 15.8. The molecular weight excluding hydrogens is 258 g/mol. The first-order valence-corrected chi connectivity index (χ1v) is 7.96. The molecule has 1 heterocycles. The Balaban J connectivity index is 2.26. The standard InChI is InChI=1S/C18H27N3/c1-6-18(19-7-2)16-10-8-15(9-11-16)17-12-21(13(3)4)20-14(17)5/h8-13,18-19H,6-7H2,1-5H3. The zero-order valence-corrected chi connectivity index (χ0v) is 13.9. The molecule has 0 fully saturated rings. The number of benzene rings is 1. The van der Waals surface area contributed by atoms with E-state index in [2.05, 4.69) is 75.5 Å². The van der Waals surface area contributed by atoms with Gasteiger partial charge in [0.1, 0.15) is 0 Å². The van der Waals surface area contributed by atoms with Gasteiger partial charge in [0.2, 0.25) is 0 Å². The topological polar surface area (TPSA) is 29.9 Å². The van der Waals surface area contributed by atoms with Crippen molar-refractivity contribution in [2.24, 2.45) is 0 Å². The Morgan fingerprint density at radius 1 is 1.14 bits per heavy atom. The van der Waals surface area contributed by atoms with Gasteiger partial charge in [0.05, 0.1) is 5.69 Å². The fraction of sp³-hybridized carbons (Fsp3) is 0.500. The summed E-state index contributed by atoms with van der Waals surface area (Å²) in [7, 11) is 0. The summed E-state index contributed by atoms with van der Waals surface area (Å²) < 4.78 is 2.03. The van der Waals surface area contributed by atoms with Gasteiger partial charge in [0, 0.05) is 23.8 Å². The second-order valence-electron chi connectivity index (χ2n) is 5.84. The average Bonchev–Trinajstić information content (AvgIpc) is 2.87. The Kier molecular flexibility index (Phi) is 5.18. The van der Waals surface area contributed by atoms with Crippen molar-refractivity contribution in [1.29, 1.82) is 0 Å². The third-order valence-corrected chi connectivity index (χ3v) is 3.93. The predicted molar refractivity (Wildman–Crippen MR) is 89.5 cm³/mol. The molecule has 0 aliphatic carbocycles. The van der Waals surface area contributed by atoms with Gasteiger partial charge in [-0.2, -0.15) is 5.10 Å². The highest BCUT2D eigenvalue weighted by Gasteiger charge is 2.11. The van der Waals surface area contributed by atoms with E-state index in [9.17, 15) is 0 Å². The van der Waals surface area contributed by atoms with Crippen molar-refractivity contribution >= 4 is 0 Å². The minimum atomic E-state index is 0.398. The van der Waals surface area contributed by atoms with Crippen LogP contribution in [0.1, 0.15) is 57.5 Å². The SMILES string of the molecule is CCNC(CC)c1ccc(-c2cn(C(C)C)nc2C)cc1. The van der Waals surface area contributed by atoms with E-state index in [1.165, 1.54) is 16.7 Å². The number of rotatable bonds is 6. The average molecular weight is 285 g/mol. The molecule has 0 saturated heterocycles. The van der Waals surface area contributed by atoms with Crippen LogP contribution < -0.4 is 5.32 Å². The van der Waals surface area contributed by atoms with Crippen LogP contribution in [0.5, 0.6) is 0 Å². The summed E-state index contributed by atoms with van der Waals surface area (Å²) in [5.74, 6) is 0. The molecule has 2 aromatic rings. The van der Waals surface area contributed by atoms with Crippen molar-refractivity contribution in [2.45, 2.75) is 53.1 Å². The summed E-state index contributed by atoms with van der Waals surface area (Å²) in [5, 5.41) is 8.12. The van der Waals surface area contributed by atoms with Crippen LogP contribution in [0.15, 0.2) is 30.5 Å². The molecule has 21 heavy (non-hydrogen) atoms. The molecule has 0 amide bonds. The van der Waals surface area contributed by atoms with Gasteiger partial charge in [-0.25, -0.2) is 0 Å². The summed E-state index contributed by atoms with van der Waals surface area (Å²) in [6.45, 7) is 11.8. The van der Waals surface area contributed by atoms with Crippen LogP contribution in [0.3, 0.4) is 0 Å². The molecule has 1 N–H and O–H groups in total. The normalized spacial score (nSPS) is 12.9. The van der Waals surface area contributed by atoms with Crippen LogP contribution in [0, 0.1) is 6.92 Å².